The summed E-state index contributed by atoms with van der Waals surface area (Å²) in [4.78, 5) is 16.8. The molecule has 2 aliphatic rings. The van der Waals surface area contributed by atoms with Crippen LogP contribution in [0.5, 0.6) is 0 Å². The summed E-state index contributed by atoms with van der Waals surface area (Å²) >= 11 is 1.77. The van der Waals surface area contributed by atoms with Crippen molar-refractivity contribution in [2.45, 2.75) is 32.4 Å². The second-order valence-corrected chi connectivity index (χ2v) is 7.32. The smallest absolute Gasteiger partial charge is 0.238 e. The van der Waals surface area contributed by atoms with Crippen LogP contribution < -0.4 is 5.32 Å². The van der Waals surface area contributed by atoms with Gasteiger partial charge in [-0.05, 0) is 43.7 Å². The highest BCUT2D eigenvalue weighted by Crippen LogP contribution is 2.50. The number of aryl methyl sites for hydroxylation is 1. The van der Waals surface area contributed by atoms with E-state index in [1.807, 2.05) is 4.90 Å². The molecule has 1 aliphatic carbocycles. The molecule has 1 aromatic heterocycles. The van der Waals surface area contributed by atoms with E-state index in [1.165, 1.54) is 22.6 Å². The molecule has 1 unspecified atom stereocenters. The van der Waals surface area contributed by atoms with Gasteiger partial charge in [0.15, 0.2) is 0 Å². The summed E-state index contributed by atoms with van der Waals surface area (Å²) in [5, 5.41) is 3.35. The highest BCUT2D eigenvalue weighted by Gasteiger charge is 2.47. The van der Waals surface area contributed by atoms with Gasteiger partial charge in [0.2, 0.25) is 5.91 Å². The van der Waals surface area contributed by atoms with E-state index in [2.05, 4.69) is 24.4 Å². The highest BCUT2D eigenvalue weighted by atomic mass is 32.1. The predicted molar refractivity (Wildman–Crippen MR) is 79.7 cm³/mol. The number of nitrogens with zero attached hydrogens (tertiary/aromatic N) is 1. The average molecular weight is 294 g/mol. The molecule has 1 amide bonds. The van der Waals surface area contributed by atoms with Gasteiger partial charge in [0.05, 0.1) is 6.54 Å². The molecule has 1 atom stereocenters. The summed E-state index contributed by atoms with van der Waals surface area (Å²) in [6.07, 6.45) is 3.57. The van der Waals surface area contributed by atoms with Crippen LogP contribution in [0.4, 0.5) is 0 Å². The van der Waals surface area contributed by atoms with Crippen molar-refractivity contribution < 1.29 is 9.53 Å². The molecular formula is C15H22N2O2S. The Morgan fingerprint density at radius 2 is 2.30 bits per heavy atom. The van der Waals surface area contributed by atoms with Crippen molar-refractivity contribution >= 4 is 17.2 Å². The Hall–Kier alpha value is -0.910. The van der Waals surface area contributed by atoms with Gasteiger partial charge in [0.1, 0.15) is 6.17 Å². The summed E-state index contributed by atoms with van der Waals surface area (Å²) in [5.41, 5.74) is 0.308. The van der Waals surface area contributed by atoms with Crippen LogP contribution in [0.15, 0.2) is 12.1 Å². The molecule has 2 fully saturated rings. The first-order valence-electron chi connectivity index (χ1n) is 7.22. The Morgan fingerprint density at radius 1 is 1.50 bits per heavy atom. The molecule has 0 aromatic carbocycles. The fraction of sp³-hybridized carbons (Fsp3) is 0.667. The number of hydrogen-bond acceptors (Lipinski definition) is 4. The van der Waals surface area contributed by atoms with E-state index in [-0.39, 0.29) is 12.1 Å². The zero-order valence-corrected chi connectivity index (χ0v) is 13.0. The van der Waals surface area contributed by atoms with Crippen LogP contribution in [0.3, 0.4) is 0 Å². The quantitative estimate of drug-likeness (QED) is 0.875. The molecular weight excluding hydrogens is 272 g/mol. The largest absolute Gasteiger partial charge is 0.385 e. The molecule has 3 rings (SSSR count). The summed E-state index contributed by atoms with van der Waals surface area (Å²) in [7, 11) is 1.75. The first-order valence-corrected chi connectivity index (χ1v) is 8.03. The van der Waals surface area contributed by atoms with Gasteiger partial charge in [0, 0.05) is 30.0 Å². The molecule has 5 heteroatoms. The number of methoxy groups -OCH3 is 1. The third-order valence-corrected chi connectivity index (χ3v) is 5.46. The lowest BCUT2D eigenvalue weighted by Crippen LogP contribution is -2.35. The molecule has 0 spiro atoms. The van der Waals surface area contributed by atoms with Crippen LogP contribution in [-0.4, -0.2) is 37.6 Å². The van der Waals surface area contributed by atoms with Crippen LogP contribution in [0, 0.1) is 12.3 Å². The fourth-order valence-electron chi connectivity index (χ4n) is 2.92. The van der Waals surface area contributed by atoms with E-state index in [0.29, 0.717) is 12.0 Å². The predicted octanol–water partition coefficient (Wildman–Crippen LogP) is 2.30. The Bertz CT molecular complexity index is 496. The maximum Gasteiger partial charge on any atom is 0.238 e. The number of carbonyl (C=O) groups excluding carboxylic acids is 1. The standard InChI is InChI=1S/C15H22N2O2S/c1-11-3-4-12(20-11)14-16-9-13(18)17(14)10-15(5-6-15)7-8-19-2/h3-4,14,16H,5-10H2,1-2H3. The Balaban J connectivity index is 1.71. The van der Waals surface area contributed by atoms with Gasteiger partial charge in [-0.25, -0.2) is 0 Å². The number of rotatable bonds is 6. The van der Waals surface area contributed by atoms with E-state index in [0.717, 1.165) is 19.6 Å². The van der Waals surface area contributed by atoms with Crippen molar-refractivity contribution in [1.82, 2.24) is 10.2 Å². The normalized spacial score (nSPS) is 24.4. The lowest BCUT2D eigenvalue weighted by Gasteiger charge is -2.28. The lowest BCUT2D eigenvalue weighted by molar-refractivity contribution is -0.129. The third-order valence-electron chi connectivity index (χ3n) is 4.41. The number of nitrogens with one attached hydrogen (secondary N) is 1. The van der Waals surface area contributed by atoms with Gasteiger partial charge in [-0.1, -0.05) is 0 Å². The van der Waals surface area contributed by atoms with Gasteiger partial charge in [-0.2, -0.15) is 0 Å². The molecule has 2 heterocycles. The Labute approximate surface area is 124 Å². The molecule has 1 aromatic rings. The fourth-order valence-corrected chi connectivity index (χ4v) is 3.88. The monoisotopic (exact) mass is 294 g/mol. The van der Waals surface area contributed by atoms with Gasteiger partial charge in [-0.15, -0.1) is 11.3 Å². The van der Waals surface area contributed by atoms with E-state index >= 15 is 0 Å². The maximum atomic E-state index is 12.2. The molecule has 1 N–H and O–H groups in total. The molecule has 4 nitrogen and oxygen atoms in total. The zero-order chi connectivity index (χ0) is 14.2. The van der Waals surface area contributed by atoms with Crippen LogP contribution in [0.25, 0.3) is 0 Å². The summed E-state index contributed by atoms with van der Waals surface area (Å²) in [5.74, 6) is 0.227. The zero-order valence-electron chi connectivity index (χ0n) is 12.1. The van der Waals surface area contributed by atoms with Crippen LogP contribution in [0.2, 0.25) is 0 Å². The van der Waals surface area contributed by atoms with E-state index in [1.54, 1.807) is 18.4 Å². The molecule has 0 radical (unpaired) electrons. The van der Waals surface area contributed by atoms with Crippen LogP contribution in [0.1, 0.15) is 35.2 Å². The number of hydrogen-bond donors (Lipinski definition) is 1. The van der Waals surface area contributed by atoms with Gasteiger partial charge >= 0.3 is 0 Å². The molecule has 110 valence electrons. The topological polar surface area (TPSA) is 41.6 Å². The van der Waals surface area contributed by atoms with Crippen molar-refractivity contribution in [2.75, 3.05) is 26.8 Å². The lowest BCUT2D eigenvalue weighted by atomic mass is 10.0. The van der Waals surface area contributed by atoms with E-state index < -0.39 is 0 Å². The number of carbonyl (C=O) groups is 1. The summed E-state index contributed by atoms with van der Waals surface area (Å²) in [6.45, 7) is 4.22. The molecule has 0 bridgehead atoms. The van der Waals surface area contributed by atoms with E-state index in [9.17, 15) is 4.79 Å². The minimum absolute atomic E-state index is 0.0706. The van der Waals surface area contributed by atoms with Crippen LogP contribution in [-0.2, 0) is 9.53 Å². The van der Waals surface area contributed by atoms with Gasteiger partial charge in [0.25, 0.3) is 0 Å². The summed E-state index contributed by atoms with van der Waals surface area (Å²) < 4.78 is 5.21. The minimum Gasteiger partial charge on any atom is -0.385 e. The minimum atomic E-state index is 0.0706. The first-order chi connectivity index (χ1) is 9.63. The Morgan fingerprint density at radius 3 is 2.90 bits per heavy atom. The SMILES string of the molecule is COCCC1(CN2C(=O)CNC2c2ccc(C)s2)CC1. The average Bonchev–Trinajstić information content (AvgIpc) is 2.92. The van der Waals surface area contributed by atoms with Crippen molar-refractivity contribution in [3.05, 3.63) is 21.9 Å². The Kier molecular flexibility index (Phi) is 3.84. The van der Waals surface area contributed by atoms with Crippen molar-refractivity contribution in [2.24, 2.45) is 5.41 Å². The first kappa shape index (κ1) is 14.0. The second kappa shape index (κ2) is 5.47. The van der Waals surface area contributed by atoms with Crippen LogP contribution >= 0.6 is 11.3 Å². The second-order valence-electron chi connectivity index (χ2n) is 6.00. The van der Waals surface area contributed by atoms with Crippen molar-refractivity contribution in [3.8, 4) is 0 Å². The van der Waals surface area contributed by atoms with Crippen molar-refractivity contribution in [3.63, 3.8) is 0 Å². The van der Waals surface area contributed by atoms with Gasteiger partial charge < -0.3 is 9.64 Å². The molecule has 1 aliphatic heterocycles. The maximum absolute atomic E-state index is 12.2. The summed E-state index contributed by atoms with van der Waals surface area (Å²) in [6, 6.07) is 4.26. The molecule has 1 saturated carbocycles. The number of amides is 1. The highest BCUT2D eigenvalue weighted by molar-refractivity contribution is 7.12. The molecule has 1 saturated heterocycles. The van der Waals surface area contributed by atoms with Crippen molar-refractivity contribution in [1.29, 1.82) is 0 Å². The number of thiophene rings is 1. The van der Waals surface area contributed by atoms with Gasteiger partial charge in [-0.3, -0.25) is 10.1 Å². The molecule has 20 heavy (non-hydrogen) atoms. The van der Waals surface area contributed by atoms with E-state index in [4.69, 9.17) is 4.74 Å². The number of ether oxygens (including phenoxy) is 1. The third kappa shape index (κ3) is 2.75.